The lowest BCUT2D eigenvalue weighted by atomic mass is 9.93. The third kappa shape index (κ3) is 2.26. The fourth-order valence-corrected chi connectivity index (χ4v) is 6.28. The highest BCUT2D eigenvalue weighted by Gasteiger charge is 2.22. The second-order valence-electron chi connectivity index (χ2n) is 7.23. The maximum absolute atomic E-state index is 2.41. The molecule has 3 heterocycles. The van der Waals surface area contributed by atoms with Gasteiger partial charge in [0.15, 0.2) is 0 Å². The predicted molar refractivity (Wildman–Crippen MR) is 92.5 cm³/mol. The molecule has 102 valence electrons. The molecule has 0 N–H and O–H groups in total. The fraction of sp³-hybridized carbons (Fsp3) is 0.500. The minimum absolute atomic E-state index is 0.263. The van der Waals surface area contributed by atoms with Crippen molar-refractivity contribution in [1.82, 2.24) is 0 Å². The van der Waals surface area contributed by atoms with Gasteiger partial charge in [-0.1, -0.05) is 41.5 Å². The minimum atomic E-state index is 0.263. The second-order valence-corrected chi connectivity index (χ2v) is 10.9. The van der Waals surface area contributed by atoms with Gasteiger partial charge >= 0.3 is 0 Å². The first-order valence-electron chi connectivity index (χ1n) is 6.63. The number of fused-ring (bicyclic) bond motifs is 3. The van der Waals surface area contributed by atoms with Crippen molar-refractivity contribution in [3.63, 3.8) is 0 Å². The summed E-state index contributed by atoms with van der Waals surface area (Å²) in [5, 5.41) is 2.95. The highest BCUT2D eigenvalue weighted by molar-refractivity contribution is 7.49. The Morgan fingerprint density at radius 2 is 1.00 bits per heavy atom. The van der Waals surface area contributed by atoms with Crippen molar-refractivity contribution in [3.05, 3.63) is 21.9 Å². The molecule has 0 aromatic carbocycles. The molecule has 19 heavy (non-hydrogen) atoms. The Balaban J connectivity index is 2.22. The van der Waals surface area contributed by atoms with Crippen LogP contribution in [0.5, 0.6) is 0 Å². The molecule has 0 fully saturated rings. The van der Waals surface area contributed by atoms with Crippen molar-refractivity contribution in [2.75, 3.05) is 0 Å². The molecule has 0 aliphatic rings. The van der Waals surface area contributed by atoms with Crippen molar-refractivity contribution in [2.45, 2.75) is 52.4 Å². The van der Waals surface area contributed by atoms with Crippen LogP contribution >= 0.6 is 34.0 Å². The SMILES string of the molecule is CC(C)(C)c1cc2c(s1)sc1sc(C(C)(C)C)cc12. The summed E-state index contributed by atoms with van der Waals surface area (Å²) < 4.78 is 2.98. The molecule has 0 aliphatic heterocycles. The van der Waals surface area contributed by atoms with Gasteiger partial charge in [-0.3, -0.25) is 0 Å². The maximum atomic E-state index is 2.41. The van der Waals surface area contributed by atoms with Gasteiger partial charge in [0.25, 0.3) is 0 Å². The molecule has 0 nitrogen and oxygen atoms in total. The predicted octanol–water partition coefficient (Wildman–Crippen LogP) is 6.77. The molecule has 0 spiro atoms. The number of rotatable bonds is 0. The van der Waals surface area contributed by atoms with Gasteiger partial charge in [-0.05, 0) is 23.0 Å². The molecule has 0 bridgehead atoms. The molecule has 0 radical (unpaired) electrons. The van der Waals surface area contributed by atoms with Crippen LogP contribution in [0.15, 0.2) is 12.1 Å². The monoisotopic (exact) mass is 308 g/mol. The van der Waals surface area contributed by atoms with Gasteiger partial charge in [0.1, 0.15) is 0 Å². The van der Waals surface area contributed by atoms with Crippen molar-refractivity contribution in [3.8, 4) is 0 Å². The number of hydrogen-bond acceptors (Lipinski definition) is 3. The zero-order valence-electron chi connectivity index (χ0n) is 12.4. The quantitative estimate of drug-likeness (QED) is 0.430. The Kier molecular flexibility index (Phi) is 2.91. The molecule has 0 saturated heterocycles. The summed E-state index contributed by atoms with van der Waals surface area (Å²) in [6, 6.07) is 4.83. The molecule has 0 unspecified atom stereocenters. The smallest absolute Gasteiger partial charge is 0.0889 e. The Labute approximate surface area is 127 Å². The molecule has 0 saturated carbocycles. The highest BCUT2D eigenvalue weighted by atomic mass is 32.2. The first-order chi connectivity index (χ1) is 8.66. The molecular weight excluding hydrogens is 288 g/mol. The third-order valence-electron chi connectivity index (χ3n) is 3.35. The van der Waals surface area contributed by atoms with E-state index in [-0.39, 0.29) is 10.8 Å². The van der Waals surface area contributed by atoms with E-state index >= 15 is 0 Å². The van der Waals surface area contributed by atoms with Crippen LogP contribution in [0.1, 0.15) is 51.3 Å². The maximum Gasteiger partial charge on any atom is 0.0889 e. The number of hydrogen-bond donors (Lipinski definition) is 0. The Morgan fingerprint density at radius 3 is 1.32 bits per heavy atom. The first-order valence-corrected chi connectivity index (χ1v) is 9.08. The lowest BCUT2D eigenvalue weighted by Gasteiger charge is -2.15. The molecule has 3 rings (SSSR count). The average Bonchev–Trinajstić information content (AvgIpc) is 2.81. The van der Waals surface area contributed by atoms with Gasteiger partial charge in [0.2, 0.25) is 0 Å². The molecular formula is C16H20S3. The Bertz CT molecular complexity index is 676. The molecule has 3 aromatic heterocycles. The van der Waals surface area contributed by atoms with Crippen LogP contribution in [0.3, 0.4) is 0 Å². The van der Waals surface area contributed by atoms with Crippen LogP contribution in [-0.4, -0.2) is 0 Å². The minimum Gasteiger partial charge on any atom is -0.129 e. The van der Waals surface area contributed by atoms with E-state index < -0.39 is 0 Å². The largest absolute Gasteiger partial charge is 0.129 e. The van der Waals surface area contributed by atoms with Crippen LogP contribution in [0.4, 0.5) is 0 Å². The summed E-state index contributed by atoms with van der Waals surface area (Å²) in [5.74, 6) is 0. The van der Waals surface area contributed by atoms with Crippen molar-refractivity contribution in [2.24, 2.45) is 0 Å². The molecule has 0 atom stereocenters. The van der Waals surface area contributed by atoms with Gasteiger partial charge in [0, 0.05) is 20.5 Å². The number of thiophene rings is 3. The summed E-state index contributed by atoms with van der Waals surface area (Å²) in [6.45, 7) is 13.8. The van der Waals surface area contributed by atoms with Gasteiger partial charge in [-0.15, -0.1) is 34.0 Å². The lowest BCUT2D eigenvalue weighted by molar-refractivity contribution is 0.604. The summed E-state index contributed by atoms with van der Waals surface area (Å²) in [6.07, 6.45) is 0. The summed E-state index contributed by atoms with van der Waals surface area (Å²) in [4.78, 5) is 3.00. The molecule has 3 heteroatoms. The van der Waals surface area contributed by atoms with E-state index in [1.165, 1.54) is 28.6 Å². The zero-order valence-corrected chi connectivity index (χ0v) is 14.8. The standard InChI is InChI=1S/C16H20S3/c1-15(2,3)11-7-9-10-8-12(16(4,5)6)18-14(10)19-13(9)17-11/h7-8H,1-6H3. The van der Waals surface area contributed by atoms with E-state index in [1.807, 2.05) is 34.0 Å². The van der Waals surface area contributed by atoms with Crippen LogP contribution in [0.2, 0.25) is 0 Å². The first kappa shape index (κ1) is 13.6. The summed E-state index contributed by atoms with van der Waals surface area (Å²) >= 11 is 5.92. The second kappa shape index (κ2) is 4.06. The van der Waals surface area contributed by atoms with Gasteiger partial charge in [-0.2, -0.15) is 0 Å². The van der Waals surface area contributed by atoms with Crippen LogP contribution < -0.4 is 0 Å². The van der Waals surface area contributed by atoms with E-state index in [2.05, 4.69) is 53.7 Å². The molecule has 0 aliphatic carbocycles. The fourth-order valence-electron chi connectivity index (χ4n) is 2.10. The molecule has 0 amide bonds. The summed E-state index contributed by atoms with van der Waals surface area (Å²) in [5.41, 5.74) is 0.525. The molecule has 3 aromatic rings. The van der Waals surface area contributed by atoms with E-state index in [0.717, 1.165) is 0 Å². The van der Waals surface area contributed by atoms with E-state index in [9.17, 15) is 0 Å². The van der Waals surface area contributed by atoms with Crippen LogP contribution in [0, 0.1) is 0 Å². The van der Waals surface area contributed by atoms with E-state index in [4.69, 9.17) is 0 Å². The Morgan fingerprint density at radius 1 is 0.632 bits per heavy atom. The Hall–Kier alpha value is -0.380. The van der Waals surface area contributed by atoms with Crippen molar-refractivity contribution >= 4 is 52.8 Å². The zero-order chi connectivity index (χ0) is 14.0. The van der Waals surface area contributed by atoms with Crippen LogP contribution in [0.25, 0.3) is 18.8 Å². The average molecular weight is 309 g/mol. The normalized spacial score (nSPS) is 13.8. The van der Waals surface area contributed by atoms with Gasteiger partial charge in [0.05, 0.1) is 8.03 Å². The highest BCUT2D eigenvalue weighted by Crippen LogP contribution is 2.47. The van der Waals surface area contributed by atoms with Crippen molar-refractivity contribution < 1.29 is 0 Å². The van der Waals surface area contributed by atoms with Gasteiger partial charge < -0.3 is 0 Å². The van der Waals surface area contributed by atoms with Gasteiger partial charge in [-0.25, -0.2) is 0 Å². The van der Waals surface area contributed by atoms with Crippen LogP contribution in [-0.2, 0) is 10.8 Å². The lowest BCUT2D eigenvalue weighted by Crippen LogP contribution is -2.07. The topological polar surface area (TPSA) is 0 Å². The van der Waals surface area contributed by atoms with Crippen molar-refractivity contribution in [1.29, 1.82) is 0 Å². The van der Waals surface area contributed by atoms with E-state index in [0.29, 0.717) is 0 Å². The van der Waals surface area contributed by atoms with E-state index in [1.54, 1.807) is 0 Å². The summed E-state index contributed by atoms with van der Waals surface area (Å²) in [7, 11) is 0. The third-order valence-corrected chi connectivity index (χ3v) is 7.87.